The van der Waals surface area contributed by atoms with E-state index in [1.807, 2.05) is 6.07 Å². The third-order valence-corrected chi connectivity index (χ3v) is 4.29. The van der Waals surface area contributed by atoms with E-state index in [9.17, 15) is 0 Å². The van der Waals surface area contributed by atoms with E-state index in [0.717, 1.165) is 29.7 Å². The van der Waals surface area contributed by atoms with E-state index in [4.69, 9.17) is 11.6 Å². The number of hydrogen-bond acceptors (Lipinski definition) is 1. The number of rotatable bonds is 7. The van der Waals surface area contributed by atoms with Crippen LogP contribution >= 0.6 is 27.5 Å². The SMILES string of the molecule is CCC(CC)N(CC(C)C)c1cc(Cl)ccc1CBr. The molecule has 0 aromatic heterocycles. The standard InChI is InChI=1S/C16H25BrClN/c1-5-15(6-2)19(11-12(3)4)16-9-14(18)8-7-13(16)10-17/h7-9,12,15H,5-6,10-11H2,1-4H3. The van der Waals surface area contributed by atoms with Gasteiger partial charge in [-0.3, -0.25) is 0 Å². The highest BCUT2D eigenvalue weighted by Crippen LogP contribution is 2.30. The zero-order chi connectivity index (χ0) is 14.4. The van der Waals surface area contributed by atoms with Crippen molar-refractivity contribution in [3.8, 4) is 0 Å². The second-order valence-electron chi connectivity index (χ2n) is 5.42. The summed E-state index contributed by atoms with van der Waals surface area (Å²) in [6, 6.07) is 6.79. The van der Waals surface area contributed by atoms with Gasteiger partial charge in [0.05, 0.1) is 0 Å². The van der Waals surface area contributed by atoms with Crippen molar-refractivity contribution in [2.24, 2.45) is 5.92 Å². The number of alkyl halides is 1. The summed E-state index contributed by atoms with van der Waals surface area (Å²) in [6.45, 7) is 10.1. The summed E-state index contributed by atoms with van der Waals surface area (Å²) in [5, 5.41) is 1.69. The van der Waals surface area contributed by atoms with Crippen molar-refractivity contribution in [3.63, 3.8) is 0 Å². The van der Waals surface area contributed by atoms with Crippen LogP contribution in [0.3, 0.4) is 0 Å². The smallest absolute Gasteiger partial charge is 0.0426 e. The van der Waals surface area contributed by atoms with Gasteiger partial charge in [0.2, 0.25) is 0 Å². The maximum atomic E-state index is 6.20. The second-order valence-corrected chi connectivity index (χ2v) is 6.42. The molecule has 1 aromatic carbocycles. The predicted octanol–water partition coefficient (Wildman–Crippen LogP) is 5.89. The van der Waals surface area contributed by atoms with E-state index in [1.165, 1.54) is 11.3 Å². The van der Waals surface area contributed by atoms with Crippen LogP contribution in [-0.2, 0) is 5.33 Å². The molecule has 0 saturated heterocycles. The molecular formula is C16H25BrClN. The lowest BCUT2D eigenvalue weighted by atomic mass is 10.0. The van der Waals surface area contributed by atoms with Crippen LogP contribution in [-0.4, -0.2) is 12.6 Å². The van der Waals surface area contributed by atoms with Crippen molar-refractivity contribution >= 4 is 33.2 Å². The normalized spacial score (nSPS) is 11.4. The van der Waals surface area contributed by atoms with E-state index in [-0.39, 0.29) is 0 Å². The van der Waals surface area contributed by atoms with Gasteiger partial charge in [-0.25, -0.2) is 0 Å². The van der Waals surface area contributed by atoms with E-state index in [0.29, 0.717) is 12.0 Å². The van der Waals surface area contributed by atoms with Crippen molar-refractivity contribution in [1.29, 1.82) is 0 Å². The van der Waals surface area contributed by atoms with Crippen LogP contribution in [0.15, 0.2) is 18.2 Å². The Morgan fingerprint density at radius 2 is 1.84 bits per heavy atom. The van der Waals surface area contributed by atoms with Crippen LogP contribution in [0.2, 0.25) is 5.02 Å². The summed E-state index contributed by atoms with van der Waals surface area (Å²) >= 11 is 9.79. The summed E-state index contributed by atoms with van der Waals surface area (Å²) in [5.74, 6) is 0.641. The number of hydrogen-bond donors (Lipinski definition) is 0. The molecule has 3 heteroatoms. The van der Waals surface area contributed by atoms with E-state index in [2.05, 4.69) is 60.7 Å². The Labute approximate surface area is 131 Å². The highest BCUT2D eigenvalue weighted by atomic mass is 79.9. The monoisotopic (exact) mass is 345 g/mol. The van der Waals surface area contributed by atoms with Gasteiger partial charge in [-0.05, 0) is 36.5 Å². The highest BCUT2D eigenvalue weighted by Gasteiger charge is 2.19. The van der Waals surface area contributed by atoms with Gasteiger partial charge in [-0.1, -0.05) is 61.3 Å². The molecule has 0 aliphatic carbocycles. The molecule has 0 N–H and O–H groups in total. The summed E-state index contributed by atoms with van der Waals surface area (Å²) < 4.78 is 0. The van der Waals surface area contributed by atoms with Crippen molar-refractivity contribution in [2.75, 3.05) is 11.4 Å². The fraction of sp³-hybridized carbons (Fsp3) is 0.625. The average molecular weight is 347 g/mol. The number of benzene rings is 1. The molecule has 0 radical (unpaired) electrons. The van der Waals surface area contributed by atoms with E-state index in [1.54, 1.807) is 0 Å². The van der Waals surface area contributed by atoms with Gasteiger partial charge in [-0.2, -0.15) is 0 Å². The van der Waals surface area contributed by atoms with E-state index < -0.39 is 0 Å². The maximum absolute atomic E-state index is 6.20. The molecule has 108 valence electrons. The number of anilines is 1. The van der Waals surface area contributed by atoms with Crippen LogP contribution < -0.4 is 4.90 Å². The van der Waals surface area contributed by atoms with Crippen LogP contribution in [0.25, 0.3) is 0 Å². The topological polar surface area (TPSA) is 3.24 Å². The Morgan fingerprint density at radius 1 is 1.21 bits per heavy atom. The fourth-order valence-corrected chi connectivity index (χ4v) is 3.12. The largest absolute Gasteiger partial charge is 0.368 e. The summed E-state index contributed by atoms with van der Waals surface area (Å²) in [4.78, 5) is 2.53. The lowest BCUT2D eigenvalue weighted by Gasteiger charge is -2.35. The molecule has 0 spiro atoms. The number of halogens is 2. The van der Waals surface area contributed by atoms with Crippen LogP contribution in [0.1, 0.15) is 46.1 Å². The lowest BCUT2D eigenvalue weighted by Crippen LogP contribution is -2.38. The molecule has 0 unspecified atom stereocenters. The predicted molar refractivity (Wildman–Crippen MR) is 90.6 cm³/mol. The second kappa shape index (κ2) is 8.16. The summed E-state index contributed by atoms with van der Waals surface area (Å²) in [5.41, 5.74) is 2.60. The Bertz CT molecular complexity index is 388. The molecule has 0 bridgehead atoms. The molecule has 0 saturated carbocycles. The first-order chi connectivity index (χ1) is 9.03. The zero-order valence-corrected chi connectivity index (χ0v) is 14.8. The van der Waals surface area contributed by atoms with Gasteiger partial charge < -0.3 is 4.90 Å². The summed E-state index contributed by atoms with van der Waals surface area (Å²) in [6.07, 6.45) is 2.33. The molecule has 19 heavy (non-hydrogen) atoms. The van der Waals surface area contributed by atoms with Gasteiger partial charge in [0.1, 0.15) is 0 Å². The van der Waals surface area contributed by atoms with Gasteiger partial charge in [0.15, 0.2) is 0 Å². The van der Waals surface area contributed by atoms with Gasteiger partial charge >= 0.3 is 0 Å². The molecule has 1 aromatic rings. The van der Waals surface area contributed by atoms with Crippen molar-refractivity contribution in [2.45, 2.75) is 51.9 Å². The lowest BCUT2D eigenvalue weighted by molar-refractivity contribution is 0.507. The Hall–Kier alpha value is -0.210. The third-order valence-electron chi connectivity index (χ3n) is 3.45. The Kier molecular flexibility index (Phi) is 7.23. The van der Waals surface area contributed by atoms with Gasteiger partial charge in [0, 0.05) is 28.6 Å². The minimum absolute atomic E-state index is 0.582. The molecular weight excluding hydrogens is 322 g/mol. The first kappa shape index (κ1) is 16.8. The molecule has 0 amide bonds. The molecule has 0 atom stereocenters. The quantitative estimate of drug-likeness (QED) is 0.557. The van der Waals surface area contributed by atoms with E-state index >= 15 is 0 Å². The first-order valence-corrected chi connectivity index (χ1v) is 8.64. The molecule has 0 heterocycles. The van der Waals surface area contributed by atoms with Crippen molar-refractivity contribution in [1.82, 2.24) is 0 Å². The van der Waals surface area contributed by atoms with Crippen molar-refractivity contribution in [3.05, 3.63) is 28.8 Å². The van der Waals surface area contributed by atoms with Crippen LogP contribution in [0, 0.1) is 5.92 Å². The van der Waals surface area contributed by atoms with Crippen LogP contribution in [0.5, 0.6) is 0 Å². The zero-order valence-electron chi connectivity index (χ0n) is 12.4. The highest BCUT2D eigenvalue weighted by molar-refractivity contribution is 9.08. The summed E-state index contributed by atoms with van der Waals surface area (Å²) in [7, 11) is 0. The molecule has 1 rings (SSSR count). The van der Waals surface area contributed by atoms with Crippen LogP contribution in [0.4, 0.5) is 5.69 Å². The Morgan fingerprint density at radius 3 is 2.32 bits per heavy atom. The van der Waals surface area contributed by atoms with Gasteiger partial charge in [-0.15, -0.1) is 0 Å². The molecule has 0 aliphatic heterocycles. The average Bonchev–Trinajstić information content (AvgIpc) is 2.38. The van der Waals surface area contributed by atoms with Crippen molar-refractivity contribution < 1.29 is 0 Å². The molecule has 0 fully saturated rings. The minimum atomic E-state index is 0.582. The Balaban J connectivity index is 3.18. The maximum Gasteiger partial charge on any atom is 0.0426 e. The third kappa shape index (κ3) is 4.68. The first-order valence-electron chi connectivity index (χ1n) is 7.14. The fourth-order valence-electron chi connectivity index (χ4n) is 2.48. The molecule has 1 nitrogen and oxygen atoms in total. The minimum Gasteiger partial charge on any atom is -0.368 e. The molecule has 0 aliphatic rings. The van der Waals surface area contributed by atoms with Gasteiger partial charge in [0.25, 0.3) is 0 Å². The number of nitrogens with zero attached hydrogens (tertiary/aromatic N) is 1.